The molecule has 82 valence electrons. The molecule has 0 spiro atoms. The van der Waals surface area contributed by atoms with Crippen molar-refractivity contribution in [3.05, 3.63) is 23.9 Å². The summed E-state index contributed by atoms with van der Waals surface area (Å²) in [4.78, 5) is 3.91. The fourth-order valence-corrected chi connectivity index (χ4v) is 1.33. The molecule has 0 aliphatic heterocycles. The van der Waals surface area contributed by atoms with Gasteiger partial charge < -0.3 is 10.3 Å². The van der Waals surface area contributed by atoms with Gasteiger partial charge in [0.2, 0.25) is 0 Å². The molecule has 0 saturated carbocycles. The molecule has 0 radical (unpaired) electrons. The maximum Gasteiger partial charge on any atom is 0.144 e. The molecule has 4 nitrogen and oxygen atoms in total. The lowest BCUT2D eigenvalue weighted by Crippen LogP contribution is -2.25. The van der Waals surface area contributed by atoms with E-state index in [1.54, 1.807) is 18.3 Å². The van der Waals surface area contributed by atoms with Gasteiger partial charge >= 0.3 is 0 Å². The predicted molar refractivity (Wildman–Crippen MR) is 64.1 cm³/mol. The summed E-state index contributed by atoms with van der Waals surface area (Å²) in [6, 6.07) is 3.55. The molecule has 0 amide bonds. The van der Waals surface area contributed by atoms with Crippen LogP contribution < -0.4 is 5.73 Å². The standard InChI is InChI=1S/C10H15N3OS/c1-10(2,3)15(14)13-7-8-5-4-6-12-9(8)11/h4-7H,1-3H3,(H2,11,12)/b13-7+/t15-/m0/s1. The Morgan fingerprint density at radius 3 is 2.73 bits per heavy atom. The summed E-state index contributed by atoms with van der Waals surface area (Å²) in [6.07, 6.45) is 3.11. The van der Waals surface area contributed by atoms with Crippen molar-refractivity contribution in [1.29, 1.82) is 0 Å². The van der Waals surface area contributed by atoms with Crippen LogP contribution in [0.25, 0.3) is 0 Å². The first kappa shape index (κ1) is 12.0. The van der Waals surface area contributed by atoms with Gasteiger partial charge in [-0.15, -0.1) is 0 Å². The lowest BCUT2D eigenvalue weighted by Gasteiger charge is -2.17. The van der Waals surface area contributed by atoms with Gasteiger partial charge in [0.25, 0.3) is 0 Å². The van der Waals surface area contributed by atoms with E-state index in [2.05, 4.69) is 9.38 Å². The summed E-state index contributed by atoms with van der Waals surface area (Å²) < 4.78 is 15.2. The fraction of sp³-hybridized carbons (Fsp3) is 0.400. The lowest BCUT2D eigenvalue weighted by molar-refractivity contribution is 0.562. The van der Waals surface area contributed by atoms with Crippen molar-refractivity contribution in [2.75, 3.05) is 5.73 Å². The van der Waals surface area contributed by atoms with Crippen molar-refractivity contribution >= 4 is 23.4 Å². The Bertz CT molecular complexity index is 360. The Morgan fingerprint density at radius 2 is 2.20 bits per heavy atom. The van der Waals surface area contributed by atoms with Gasteiger partial charge in [0.05, 0.1) is 6.21 Å². The van der Waals surface area contributed by atoms with Crippen LogP contribution in [0.15, 0.2) is 22.7 Å². The van der Waals surface area contributed by atoms with Crippen molar-refractivity contribution in [3.63, 3.8) is 0 Å². The zero-order valence-corrected chi connectivity index (χ0v) is 9.91. The number of rotatable bonds is 2. The van der Waals surface area contributed by atoms with Gasteiger partial charge in [-0.05, 0) is 32.9 Å². The highest BCUT2D eigenvalue weighted by Gasteiger charge is 2.25. The van der Waals surface area contributed by atoms with Crippen LogP contribution in [-0.2, 0) is 11.4 Å². The second kappa shape index (κ2) is 4.63. The number of nitrogen functional groups attached to an aromatic ring is 1. The highest BCUT2D eigenvalue weighted by atomic mass is 32.2. The Kier molecular flexibility index (Phi) is 3.71. The summed E-state index contributed by atoms with van der Waals surface area (Å²) in [5.41, 5.74) is 6.30. The molecule has 2 N–H and O–H groups in total. The summed E-state index contributed by atoms with van der Waals surface area (Å²) in [7, 11) is 0. The first-order chi connectivity index (χ1) is 6.91. The maximum atomic E-state index is 11.6. The van der Waals surface area contributed by atoms with Crippen LogP contribution in [0.1, 0.15) is 26.3 Å². The molecule has 15 heavy (non-hydrogen) atoms. The molecule has 0 saturated heterocycles. The van der Waals surface area contributed by atoms with Gasteiger partial charge in [0, 0.05) is 11.8 Å². The molecule has 0 unspecified atom stereocenters. The number of pyridine rings is 1. The van der Waals surface area contributed by atoms with Crippen molar-refractivity contribution in [2.24, 2.45) is 4.40 Å². The molecule has 1 aromatic heterocycles. The molecule has 0 aliphatic carbocycles. The van der Waals surface area contributed by atoms with E-state index in [0.717, 1.165) is 0 Å². The molecule has 0 fully saturated rings. The molecule has 1 aromatic rings. The normalized spacial score (nSPS) is 14.4. The van der Waals surface area contributed by atoms with Gasteiger partial charge in [-0.1, -0.05) is 4.40 Å². The van der Waals surface area contributed by atoms with E-state index < -0.39 is 11.4 Å². The average Bonchev–Trinajstić information content (AvgIpc) is 2.14. The summed E-state index contributed by atoms with van der Waals surface area (Å²) in [6.45, 7) is 5.60. The smallest absolute Gasteiger partial charge is 0.144 e. The molecule has 5 heteroatoms. The van der Waals surface area contributed by atoms with E-state index in [-0.39, 0.29) is 4.75 Å². The third kappa shape index (κ3) is 3.53. The Morgan fingerprint density at radius 1 is 1.53 bits per heavy atom. The monoisotopic (exact) mass is 225 g/mol. The maximum absolute atomic E-state index is 11.6. The quantitative estimate of drug-likeness (QED) is 0.613. The van der Waals surface area contributed by atoms with Gasteiger partial charge in [0.15, 0.2) is 0 Å². The van der Waals surface area contributed by atoms with Crippen molar-refractivity contribution < 1.29 is 4.55 Å². The second-order valence-corrected chi connectivity index (χ2v) is 6.01. The molecule has 0 aromatic carbocycles. The first-order valence-corrected chi connectivity index (χ1v) is 5.68. The highest BCUT2D eigenvalue weighted by molar-refractivity contribution is 7.91. The number of nitrogens with zero attached hydrogens (tertiary/aromatic N) is 2. The minimum Gasteiger partial charge on any atom is -0.591 e. The van der Waals surface area contributed by atoms with Gasteiger partial charge in [-0.25, -0.2) is 4.98 Å². The van der Waals surface area contributed by atoms with Crippen LogP contribution in [0.3, 0.4) is 0 Å². The lowest BCUT2D eigenvalue weighted by atomic mass is 10.3. The minimum atomic E-state index is -1.26. The van der Waals surface area contributed by atoms with Crippen LogP contribution in [0, 0.1) is 0 Å². The molecule has 1 atom stereocenters. The van der Waals surface area contributed by atoms with E-state index in [0.29, 0.717) is 11.4 Å². The molecule has 0 aliphatic rings. The largest absolute Gasteiger partial charge is 0.591 e. The minimum absolute atomic E-state index is 0.354. The average molecular weight is 225 g/mol. The van der Waals surface area contributed by atoms with Crippen LogP contribution in [0.2, 0.25) is 0 Å². The van der Waals surface area contributed by atoms with Gasteiger partial charge in [0.1, 0.15) is 21.9 Å². The van der Waals surface area contributed by atoms with Gasteiger partial charge in [-0.2, -0.15) is 0 Å². The zero-order valence-electron chi connectivity index (χ0n) is 9.10. The van der Waals surface area contributed by atoms with E-state index in [9.17, 15) is 4.55 Å². The number of anilines is 1. The number of aromatic nitrogens is 1. The molecule has 1 rings (SSSR count). The van der Waals surface area contributed by atoms with Crippen molar-refractivity contribution in [2.45, 2.75) is 25.5 Å². The highest BCUT2D eigenvalue weighted by Crippen LogP contribution is 2.17. The van der Waals surface area contributed by atoms with E-state index in [1.165, 1.54) is 6.21 Å². The number of nitrogens with two attached hydrogens (primary N) is 1. The van der Waals surface area contributed by atoms with Crippen LogP contribution in [0.4, 0.5) is 5.82 Å². The number of hydrogen-bond donors (Lipinski definition) is 1. The van der Waals surface area contributed by atoms with Gasteiger partial charge in [-0.3, -0.25) is 0 Å². The Labute approximate surface area is 92.9 Å². The van der Waals surface area contributed by atoms with E-state index >= 15 is 0 Å². The topological polar surface area (TPSA) is 74.3 Å². The van der Waals surface area contributed by atoms with Crippen LogP contribution in [-0.4, -0.2) is 20.5 Å². The molecule has 0 bridgehead atoms. The predicted octanol–water partition coefficient (Wildman–Crippen LogP) is 1.54. The van der Waals surface area contributed by atoms with Crippen molar-refractivity contribution in [1.82, 2.24) is 4.98 Å². The summed E-state index contributed by atoms with van der Waals surface area (Å²) >= 11 is -1.26. The van der Waals surface area contributed by atoms with E-state index in [4.69, 9.17) is 5.73 Å². The second-order valence-electron chi connectivity index (χ2n) is 4.07. The zero-order chi connectivity index (χ0) is 11.5. The number of hydrogen-bond acceptors (Lipinski definition) is 4. The Balaban J connectivity index is 2.79. The molecular weight excluding hydrogens is 210 g/mol. The molecular formula is C10H15N3OS. The Hall–Kier alpha value is -1.07. The molecule has 1 heterocycles. The van der Waals surface area contributed by atoms with Crippen molar-refractivity contribution in [3.8, 4) is 0 Å². The first-order valence-electron chi connectivity index (χ1n) is 4.58. The third-order valence-corrected chi connectivity index (χ3v) is 3.03. The van der Waals surface area contributed by atoms with Crippen LogP contribution in [0.5, 0.6) is 0 Å². The summed E-state index contributed by atoms with van der Waals surface area (Å²) in [5.74, 6) is 0.396. The third-order valence-electron chi connectivity index (χ3n) is 1.68. The SMILES string of the molecule is CC(C)(C)[S@+]([O-])/N=C/c1cccnc1N. The summed E-state index contributed by atoms with van der Waals surface area (Å²) in [5, 5.41) is 0. The van der Waals surface area contributed by atoms with E-state index in [1.807, 2.05) is 20.8 Å². The fourth-order valence-electron chi connectivity index (χ4n) is 0.802. The van der Waals surface area contributed by atoms with Crippen LogP contribution >= 0.6 is 0 Å².